The molecular weight excluding hydrogens is 517 g/mol. The number of carbonyl (C=O) groups excluding carboxylic acids is 1. The molecule has 5 rings (SSSR count). The molecule has 9 heteroatoms. The highest BCUT2D eigenvalue weighted by Gasteiger charge is 2.47. The normalized spacial score (nSPS) is 21.4. The molecule has 1 unspecified atom stereocenters. The van der Waals surface area contributed by atoms with Crippen LogP contribution >= 0.6 is 22.6 Å². The molecule has 31 heavy (non-hydrogen) atoms. The lowest BCUT2D eigenvalue weighted by atomic mass is 9.85. The summed E-state index contributed by atoms with van der Waals surface area (Å²) >= 11 is 2.30. The van der Waals surface area contributed by atoms with E-state index in [9.17, 15) is 4.79 Å². The molecule has 0 radical (unpaired) electrons. The first kappa shape index (κ1) is 20.5. The Bertz CT molecular complexity index is 1090. The Hall–Kier alpha value is -2.40. The van der Waals surface area contributed by atoms with Gasteiger partial charge >= 0.3 is 5.97 Å². The van der Waals surface area contributed by atoms with Gasteiger partial charge in [0.2, 0.25) is 12.5 Å². The second-order valence-electron chi connectivity index (χ2n) is 7.57. The van der Waals surface area contributed by atoms with Crippen LogP contribution < -0.4 is 23.7 Å². The van der Waals surface area contributed by atoms with Crippen molar-refractivity contribution in [3.05, 3.63) is 38.0 Å². The van der Waals surface area contributed by atoms with Crippen LogP contribution in [0.3, 0.4) is 0 Å². The van der Waals surface area contributed by atoms with Crippen molar-refractivity contribution in [1.29, 1.82) is 0 Å². The minimum atomic E-state index is -0.531. The number of esters is 1. The number of ether oxygens (including phenoxy) is 6. The number of halogens is 1. The number of fused-ring (bicyclic) bond motifs is 3. The maximum absolute atomic E-state index is 12.9. The summed E-state index contributed by atoms with van der Waals surface area (Å²) in [7, 11) is 6.71. The number of hydrogen-bond donors (Lipinski definition) is 0. The zero-order chi connectivity index (χ0) is 21.9. The van der Waals surface area contributed by atoms with E-state index in [4.69, 9.17) is 28.4 Å². The fraction of sp³-hybridized carbons (Fsp3) is 0.409. The van der Waals surface area contributed by atoms with E-state index in [2.05, 4.69) is 27.5 Å². The maximum Gasteiger partial charge on any atom is 0.343 e. The monoisotopic (exact) mass is 539 g/mol. The molecule has 0 N–H and O–H groups in total. The van der Waals surface area contributed by atoms with Crippen LogP contribution in [-0.4, -0.2) is 52.6 Å². The van der Waals surface area contributed by atoms with Gasteiger partial charge < -0.3 is 28.4 Å². The van der Waals surface area contributed by atoms with Crippen molar-refractivity contribution in [1.82, 2.24) is 4.90 Å². The molecular formula is C22H22INO7. The third kappa shape index (κ3) is 2.85. The van der Waals surface area contributed by atoms with Gasteiger partial charge in [0.15, 0.2) is 23.0 Å². The number of likely N-dealkylation sites (N-methyl/N-ethyl adjacent to an activating group) is 1. The smallest absolute Gasteiger partial charge is 0.343 e. The van der Waals surface area contributed by atoms with Crippen LogP contribution in [-0.2, 0) is 11.2 Å². The van der Waals surface area contributed by atoms with Gasteiger partial charge in [-0.25, -0.2) is 4.79 Å². The van der Waals surface area contributed by atoms with Crippen LogP contribution in [0.15, 0.2) is 12.1 Å². The molecule has 2 aromatic rings. The third-order valence-electron chi connectivity index (χ3n) is 6.15. The van der Waals surface area contributed by atoms with E-state index in [0.717, 1.165) is 39.0 Å². The molecule has 8 nitrogen and oxygen atoms in total. The fourth-order valence-corrected chi connectivity index (χ4v) is 5.74. The van der Waals surface area contributed by atoms with Crippen LogP contribution in [0.25, 0.3) is 0 Å². The molecule has 0 aromatic heterocycles. The van der Waals surface area contributed by atoms with Crippen molar-refractivity contribution in [2.75, 3.05) is 41.7 Å². The van der Waals surface area contributed by atoms with Crippen LogP contribution in [0.4, 0.5) is 0 Å². The summed E-state index contributed by atoms with van der Waals surface area (Å²) in [6, 6.07) is 3.42. The van der Waals surface area contributed by atoms with Gasteiger partial charge in [0, 0.05) is 17.7 Å². The predicted octanol–water partition coefficient (Wildman–Crippen LogP) is 3.49. The van der Waals surface area contributed by atoms with Gasteiger partial charge in [0.25, 0.3) is 0 Å². The van der Waals surface area contributed by atoms with Crippen molar-refractivity contribution in [3.63, 3.8) is 0 Å². The summed E-state index contributed by atoms with van der Waals surface area (Å²) in [5.41, 5.74) is 3.27. The Morgan fingerprint density at radius 2 is 1.81 bits per heavy atom. The third-order valence-corrected chi connectivity index (χ3v) is 7.29. The van der Waals surface area contributed by atoms with Gasteiger partial charge in [-0.05, 0) is 47.7 Å². The topological polar surface area (TPSA) is 75.7 Å². The molecule has 0 bridgehead atoms. The molecule has 0 saturated carbocycles. The first-order valence-corrected chi connectivity index (χ1v) is 10.9. The van der Waals surface area contributed by atoms with Crippen LogP contribution in [0.2, 0.25) is 0 Å². The molecule has 3 aliphatic rings. The predicted molar refractivity (Wildman–Crippen MR) is 119 cm³/mol. The summed E-state index contributed by atoms with van der Waals surface area (Å²) in [6.07, 6.45) is 0.295. The summed E-state index contributed by atoms with van der Waals surface area (Å²) in [6.45, 7) is 0.955. The quantitative estimate of drug-likeness (QED) is 0.432. The molecule has 0 amide bonds. The molecule has 164 valence electrons. The molecule has 3 aliphatic heterocycles. The Morgan fingerprint density at radius 1 is 1.06 bits per heavy atom. The lowest BCUT2D eigenvalue weighted by molar-refractivity contribution is 0.00869. The summed E-state index contributed by atoms with van der Waals surface area (Å²) in [5, 5.41) is 0. The van der Waals surface area contributed by atoms with Gasteiger partial charge in [-0.15, -0.1) is 0 Å². The number of benzene rings is 2. The number of rotatable bonds is 4. The summed E-state index contributed by atoms with van der Waals surface area (Å²) in [4.78, 5) is 15.1. The lowest BCUT2D eigenvalue weighted by Crippen LogP contribution is -2.36. The zero-order valence-electron chi connectivity index (χ0n) is 17.6. The fourth-order valence-electron chi connectivity index (χ4n) is 4.78. The number of cyclic esters (lactones) is 1. The van der Waals surface area contributed by atoms with E-state index in [1.165, 1.54) is 7.11 Å². The van der Waals surface area contributed by atoms with Crippen molar-refractivity contribution in [3.8, 4) is 28.7 Å². The van der Waals surface area contributed by atoms with E-state index < -0.39 is 12.1 Å². The largest absolute Gasteiger partial charge is 0.493 e. The summed E-state index contributed by atoms with van der Waals surface area (Å²) < 4.78 is 35.1. The number of hydrogen-bond acceptors (Lipinski definition) is 8. The minimum Gasteiger partial charge on any atom is -0.493 e. The molecule has 3 heterocycles. The van der Waals surface area contributed by atoms with Crippen LogP contribution in [0, 0.1) is 3.57 Å². The first-order valence-electron chi connectivity index (χ1n) is 9.85. The average Bonchev–Trinajstić information content (AvgIpc) is 3.39. The highest BCUT2D eigenvalue weighted by molar-refractivity contribution is 14.1. The molecule has 0 fully saturated rings. The SMILES string of the molecule is COc1ccc2c(c1OC)C(=O)O[C@@H]2C1c2c(c(I)c3c(c2OC)OCO3)CCN1C. The molecule has 0 spiro atoms. The van der Waals surface area contributed by atoms with Crippen LogP contribution in [0.5, 0.6) is 28.7 Å². The second kappa shape index (κ2) is 7.63. The van der Waals surface area contributed by atoms with Crippen molar-refractivity contribution >= 4 is 28.6 Å². The van der Waals surface area contributed by atoms with Gasteiger partial charge in [-0.3, -0.25) is 4.90 Å². The Balaban J connectivity index is 1.72. The van der Waals surface area contributed by atoms with Gasteiger partial charge in [-0.2, -0.15) is 0 Å². The Labute approximate surface area is 193 Å². The Kier molecular flexibility index (Phi) is 5.04. The van der Waals surface area contributed by atoms with E-state index in [1.807, 2.05) is 13.1 Å². The number of carbonyl (C=O) groups is 1. The highest BCUT2D eigenvalue weighted by Crippen LogP contribution is 2.56. The molecule has 0 aliphatic carbocycles. The van der Waals surface area contributed by atoms with E-state index in [0.29, 0.717) is 28.6 Å². The van der Waals surface area contributed by atoms with E-state index in [1.54, 1.807) is 20.3 Å². The van der Waals surface area contributed by atoms with Crippen LogP contribution in [0.1, 0.15) is 39.2 Å². The van der Waals surface area contributed by atoms with Crippen molar-refractivity contribution in [2.45, 2.75) is 18.6 Å². The van der Waals surface area contributed by atoms with Crippen molar-refractivity contribution in [2.24, 2.45) is 0 Å². The zero-order valence-corrected chi connectivity index (χ0v) is 19.8. The van der Waals surface area contributed by atoms with Gasteiger partial charge in [0.1, 0.15) is 11.7 Å². The molecule has 2 aromatic carbocycles. The van der Waals surface area contributed by atoms with E-state index in [-0.39, 0.29) is 12.8 Å². The van der Waals surface area contributed by atoms with E-state index >= 15 is 0 Å². The maximum atomic E-state index is 12.9. The van der Waals surface area contributed by atoms with Gasteiger partial charge in [-0.1, -0.05) is 6.07 Å². The summed E-state index contributed by atoms with van der Waals surface area (Å²) in [5.74, 6) is 2.40. The number of methoxy groups -OCH3 is 3. The molecule has 0 saturated heterocycles. The standard InChI is InChI=1S/C22H22INO7/c1-24-8-7-10-13(19(28-4)21-20(15(10)23)29-9-30-21)16(24)17-11-5-6-12(26-2)18(27-3)14(11)22(25)31-17/h5-6,16-17H,7-9H2,1-4H3/t16?,17-/m0/s1. The second-order valence-corrected chi connectivity index (χ2v) is 8.65. The highest BCUT2D eigenvalue weighted by atomic mass is 127. The molecule has 2 atom stereocenters. The lowest BCUT2D eigenvalue weighted by Gasteiger charge is -2.39. The minimum absolute atomic E-state index is 0.156. The van der Waals surface area contributed by atoms with Gasteiger partial charge in [0.05, 0.1) is 30.9 Å². The van der Waals surface area contributed by atoms with Crippen molar-refractivity contribution < 1.29 is 33.2 Å². The number of nitrogens with zero attached hydrogens (tertiary/aromatic N) is 1. The Morgan fingerprint density at radius 3 is 2.52 bits per heavy atom. The average molecular weight is 539 g/mol. The first-order chi connectivity index (χ1) is 15.0.